The van der Waals surface area contributed by atoms with Crippen LogP contribution in [0.4, 0.5) is 0 Å². The molecule has 5 heteroatoms. The summed E-state index contributed by atoms with van der Waals surface area (Å²) in [6.07, 6.45) is 2.06. The first kappa shape index (κ1) is 13.5. The molecule has 5 nitrogen and oxygen atoms in total. The Labute approximate surface area is 109 Å². The van der Waals surface area contributed by atoms with Gasteiger partial charge in [-0.2, -0.15) is 0 Å². The predicted molar refractivity (Wildman–Crippen MR) is 70.5 cm³/mol. The van der Waals surface area contributed by atoms with Crippen molar-refractivity contribution in [3.63, 3.8) is 0 Å². The molecule has 1 saturated heterocycles. The van der Waals surface area contributed by atoms with E-state index in [4.69, 9.17) is 4.74 Å². The fourth-order valence-electron chi connectivity index (χ4n) is 2.06. The van der Waals surface area contributed by atoms with E-state index in [1.807, 2.05) is 4.68 Å². The van der Waals surface area contributed by atoms with Crippen molar-refractivity contribution >= 4 is 0 Å². The molecule has 1 fully saturated rings. The average Bonchev–Trinajstić information content (AvgIpc) is 2.70. The van der Waals surface area contributed by atoms with E-state index in [9.17, 15) is 0 Å². The molecule has 1 aliphatic rings. The first-order chi connectivity index (χ1) is 8.51. The van der Waals surface area contributed by atoms with Crippen LogP contribution in [0.1, 0.15) is 39.3 Å². The minimum atomic E-state index is 0.187. The van der Waals surface area contributed by atoms with Crippen LogP contribution in [0, 0.1) is 5.41 Å². The van der Waals surface area contributed by atoms with E-state index in [2.05, 4.69) is 49.5 Å². The van der Waals surface area contributed by atoms with Crippen molar-refractivity contribution in [1.82, 2.24) is 20.3 Å². The second kappa shape index (κ2) is 5.36. The van der Waals surface area contributed by atoms with Crippen molar-refractivity contribution in [3.05, 3.63) is 11.9 Å². The second-order valence-electron chi connectivity index (χ2n) is 6.02. The Hall–Kier alpha value is -0.940. The second-order valence-corrected chi connectivity index (χ2v) is 6.02. The predicted octanol–water partition coefficient (Wildman–Crippen LogP) is 1.42. The Balaban J connectivity index is 1.96. The molecule has 0 saturated carbocycles. The minimum absolute atomic E-state index is 0.187. The Morgan fingerprint density at radius 3 is 2.56 bits per heavy atom. The molecule has 1 N–H and O–H groups in total. The maximum atomic E-state index is 5.40. The number of hydrogen-bond acceptors (Lipinski definition) is 4. The number of hydrogen-bond donors (Lipinski definition) is 1. The summed E-state index contributed by atoms with van der Waals surface area (Å²) in [7, 11) is 0. The highest BCUT2D eigenvalue weighted by Gasteiger charge is 2.39. The van der Waals surface area contributed by atoms with Crippen LogP contribution >= 0.6 is 0 Å². The lowest BCUT2D eigenvalue weighted by atomic mass is 9.85. The summed E-state index contributed by atoms with van der Waals surface area (Å²) >= 11 is 0. The van der Waals surface area contributed by atoms with Crippen LogP contribution in [0.25, 0.3) is 0 Å². The van der Waals surface area contributed by atoms with Crippen molar-refractivity contribution in [2.24, 2.45) is 5.41 Å². The summed E-state index contributed by atoms with van der Waals surface area (Å²) in [5.41, 5.74) is 1.24. The van der Waals surface area contributed by atoms with Gasteiger partial charge in [-0.25, -0.2) is 0 Å². The van der Waals surface area contributed by atoms with Crippen LogP contribution < -0.4 is 5.32 Å². The van der Waals surface area contributed by atoms with Crippen molar-refractivity contribution in [1.29, 1.82) is 0 Å². The smallest absolute Gasteiger partial charge is 0.0852 e. The van der Waals surface area contributed by atoms with Crippen molar-refractivity contribution in [2.45, 2.75) is 46.2 Å². The van der Waals surface area contributed by atoms with Gasteiger partial charge in [0.25, 0.3) is 0 Å². The number of nitrogens with one attached hydrogen (secondary N) is 1. The van der Waals surface area contributed by atoms with Crippen LogP contribution in [0.5, 0.6) is 0 Å². The maximum absolute atomic E-state index is 5.40. The highest BCUT2D eigenvalue weighted by molar-refractivity contribution is 4.99. The van der Waals surface area contributed by atoms with Crippen LogP contribution in [-0.4, -0.2) is 40.8 Å². The van der Waals surface area contributed by atoms with Crippen LogP contribution in [0.3, 0.4) is 0 Å². The summed E-state index contributed by atoms with van der Waals surface area (Å²) in [5.74, 6) is 0.432. The zero-order valence-corrected chi connectivity index (χ0v) is 11.8. The van der Waals surface area contributed by atoms with Crippen molar-refractivity contribution in [3.8, 4) is 0 Å². The molecule has 2 heterocycles. The topological polar surface area (TPSA) is 52.0 Å². The van der Waals surface area contributed by atoms with Gasteiger partial charge in [-0.1, -0.05) is 32.9 Å². The number of rotatable bonds is 6. The molecule has 2 rings (SSSR count). The Morgan fingerprint density at radius 1 is 1.39 bits per heavy atom. The highest BCUT2D eigenvalue weighted by Crippen LogP contribution is 2.29. The van der Waals surface area contributed by atoms with E-state index in [0.717, 1.165) is 32.0 Å². The molecule has 0 unspecified atom stereocenters. The zero-order valence-electron chi connectivity index (χ0n) is 11.8. The summed E-state index contributed by atoms with van der Waals surface area (Å²) in [5, 5.41) is 11.9. The van der Waals surface area contributed by atoms with E-state index in [0.29, 0.717) is 12.0 Å². The Bertz CT molecular complexity index is 382. The third kappa shape index (κ3) is 3.09. The van der Waals surface area contributed by atoms with Gasteiger partial charge in [-0.15, -0.1) is 5.10 Å². The van der Waals surface area contributed by atoms with Gasteiger partial charge in [0.1, 0.15) is 0 Å². The lowest BCUT2D eigenvalue weighted by molar-refractivity contribution is -0.122. The summed E-state index contributed by atoms with van der Waals surface area (Å²) in [4.78, 5) is 0. The third-order valence-electron chi connectivity index (χ3n) is 3.35. The van der Waals surface area contributed by atoms with E-state index in [1.165, 1.54) is 0 Å². The first-order valence-electron chi connectivity index (χ1n) is 6.72. The molecular weight excluding hydrogens is 228 g/mol. The van der Waals surface area contributed by atoms with Gasteiger partial charge in [0.15, 0.2) is 0 Å². The molecule has 0 bridgehead atoms. The largest absolute Gasteiger partial charge is 0.380 e. The number of aromatic nitrogens is 3. The molecule has 0 radical (unpaired) electrons. The quantitative estimate of drug-likeness (QED) is 0.832. The van der Waals surface area contributed by atoms with Gasteiger partial charge in [0.2, 0.25) is 0 Å². The van der Waals surface area contributed by atoms with Gasteiger partial charge in [0.05, 0.1) is 25.5 Å². The zero-order chi connectivity index (χ0) is 13.2. The molecule has 1 aliphatic heterocycles. The Kier molecular flexibility index (Phi) is 4.02. The number of ether oxygens (including phenoxy) is 1. The van der Waals surface area contributed by atoms with Crippen molar-refractivity contribution in [2.75, 3.05) is 19.8 Å². The minimum Gasteiger partial charge on any atom is -0.380 e. The van der Waals surface area contributed by atoms with Gasteiger partial charge in [-0.05, 0) is 5.92 Å². The average molecular weight is 252 g/mol. The van der Waals surface area contributed by atoms with E-state index in [1.54, 1.807) is 0 Å². The summed E-state index contributed by atoms with van der Waals surface area (Å²) < 4.78 is 7.35. The van der Waals surface area contributed by atoms with E-state index < -0.39 is 0 Å². The monoisotopic (exact) mass is 252 g/mol. The van der Waals surface area contributed by atoms with Gasteiger partial charge < -0.3 is 10.1 Å². The first-order valence-corrected chi connectivity index (χ1v) is 6.72. The molecule has 0 aromatic carbocycles. The molecule has 0 spiro atoms. The fourth-order valence-corrected chi connectivity index (χ4v) is 2.06. The molecular formula is C13H24N4O. The molecule has 1 aromatic rings. The molecule has 18 heavy (non-hydrogen) atoms. The van der Waals surface area contributed by atoms with Crippen LogP contribution in [0.15, 0.2) is 6.20 Å². The third-order valence-corrected chi connectivity index (χ3v) is 3.35. The molecule has 0 atom stereocenters. The lowest BCUT2D eigenvalue weighted by Gasteiger charge is -2.41. The van der Waals surface area contributed by atoms with Gasteiger partial charge in [0, 0.05) is 24.2 Å². The summed E-state index contributed by atoms with van der Waals surface area (Å²) in [6, 6.07) is 0.504. The standard InChI is InChI=1S/C13H24N4O/c1-10(2)12-5-17(16-15-12)7-13(8-18-9-13)6-14-11(3)4/h5,10-11,14H,6-9H2,1-4H3. The molecule has 102 valence electrons. The Morgan fingerprint density at radius 2 is 2.11 bits per heavy atom. The molecule has 1 aromatic heterocycles. The van der Waals surface area contributed by atoms with E-state index >= 15 is 0 Å². The highest BCUT2D eigenvalue weighted by atomic mass is 16.5. The molecule has 0 amide bonds. The summed E-state index contributed by atoms with van der Waals surface area (Å²) in [6.45, 7) is 12.1. The maximum Gasteiger partial charge on any atom is 0.0852 e. The van der Waals surface area contributed by atoms with E-state index in [-0.39, 0.29) is 5.41 Å². The number of nitrogens with zero attached hydrogens (tertiary/aromatic N) is 3. The van der Waals surface area contributed by atoms with Crippen molar-refractivity contribution < 1.29 is 4.74 Å². The molecule has 0 aliphatic carbocycles. The fraction of sp³-hybridized carbons (Fsp3) is 0.846. The normalized spacial score (nSPS) is 18.3. The SMILES string of the molecule is CC(C)NCC1(Cn2cc(C(C)C)nn2)COC1. The van der Waals surface area contributed by atoms with Gasteiger partial charge >= 0.3 is 0 Å². The van der Waals surface area contributed by atoms with Crippen LogP contribution in [0.2, 0.25) is 0 Å². The van der Waals surface area contributed by atoms with Crippen LogP contribution in [-0.2, 0) is 11.3 Å². The lowest BCUT2D eigenvalue weighted by Crippen LogP contribution is -2.53. The van der Waals surface area contributed by atoms with Gasteiger partial charge in [-0.3, -0.25) is 4.68 Å².